The molecule has 2 aromatic rings. The maximum absolute atomic E-state index is 13.6. The van der Waals surface area contributed by atoms with E-state index in [1.807, 2.05) is 30.3 Å². The van der Waals surface area contributed by atoms with Gasteiger partial charge in [-0.2, -0.15) is 0 Å². The van der Waals surface area contributed by atoms with Gasteiger partial charge < -0.3 is 37.2 Å². The third-order valence-corrected chi connectivity index (χ3v) is 7.03. The third kappa shape index (κ3) is 8.78. The fourth-order valence-corrected chi connectivity index (χ4v) is 4.83. The number of carbonyl (C=O) groups excluding carboxylic acids is 3. The van der Waals surface area contributed by atoms with Crippen molar-refractivity contribution in [1.29, 1.82) is 0 Å². The van der Waals surface area contributed by atoms with Gasteiger partial charge in [-0.15, -0.1) is 0 Å². The standard InChI is InChI=1S/C29H39N5O6/c30-15-5-4-9-23(32-26(36)22(31)17-19-7-2-1-3-8-19)28(38)34-16-6-10-25(34)27(37)33-24(29(39)40)18-20-11-13-21(35)14-12-20/h1-3,7-8,11-14,22-25,35H,4-6,9-10,15-18,30-31H2,(H,32,36)(H,33,37)(H,39,40). The number of rotatable bonds is 14. The molecule has 8 N–H and O–H groups in total. The molecule has 1 saturated heterocycles. The monoisotopic (exact) mass is 553 g/mol. The van der Waals surface area contributed by atoms with E-state index in [0.717, 1.165) is 5.56 Å². The summed E-state index contributed by atoms with van der Waals surface area (Å²) in [4.78, 5) is 53.1. The molecular weight excluding hydrogens is 514 g/mol. The molecule has 3 amide bonds. The second kappa shape index (κ2) is 15.0. The fourth-order valence-electron chi connectivity index (χ4n) is 4.83. The summed E-state index contributed by atoms with van der Waals surface area (Å²) in [5.74, 6) is -2.59. The number of aliphatic carboxylic acids is 1. The lowest BCUT2D eigenvalue weighted by molar-refractivity contribution is -0.145. The van der Waals surface area contributed by atoms with E-state index < -0.39 is 47.9 Å². The van der Waals surface area contributed by atoms with Crippen LogP contribution in [0, 0.1) is 0 Å². The molecule has 0 radical (unpaired) electrons. The van der Waals surface area contributed by atoms with Crippen molar-refractivity contribution in [3.8, 4) is 5.75 Å². The molecule has 1 fully saturated rings. The van der Waals surface area contributed by atoms with Crippen molar-refractivity contribution in [2.24, 2.45) is 11.5 Å². The first-order valence-corrected chi connectivity index (χ1v) is 13.6. The molecule has 4 atom stereocenters. The molecule has 0 spiro atoms. The molecule has 0 aromatic heterocycles. The number of nitrogens with two attached hydrogens (primary N) is 2. The maximum atomic E-state index is 13.6. The van der Waals surface area contributed by atoms with Crippen LogP contribution in [-0.4, -0.2) is 76.1 Å². The van der Waals surface area contributed by atoms with Gasteiger partial charge in [-0.1, -0.05) is 42.5 Å². The highest BCUT2D eigenvalue weighted by Crippen LogP contribution is 2.21. The molecule has 11 nitrogen and oxygen atoms in total. The Labute approximate surface area is 233 Å². The van der Waals surface area contributed by atoms with Crippen molar-refractivity contribution in [2.75, 3.05) is 13.1 Å². The van der Waals surface area contributed by atoms with Crippen LogP contribution in [-0.2, 0) is 32.0 Å². The zero-order chi connectivity index (χ0) is 29.1. The SMILES string of the molecule is NCCCCC(NC(=O)C(N)Cc1ccccc1)C(=O)N1CCCC1C(=O)NC(Cc1ccc(O)cc1)C(=O)O. The van der Waals surface area contributed by atoms with Crippen molar-refractivity contribution in [2.45, 2.75) is 69.1 Å². The number of nitrogens with zero attached hydrogens (tertiary/aromatic N) is 1. The molecule has 1 heterocycles. The van der Waals surface area contributed by atoms with Crippen LogP contribution in [0.3, 0.4) is 0 Å². The number of carbonyl (C=O) groups is 4. The van der Waals surface area contributed by atoms with E-state index in [4.69, 9.17) is 11.5 Å². The number of benzene rings is 2. The Hall–Kier alpha value is -3.96. The van der Waals surface area contributed by atoms with Gasteiger partial charge in [-0.3, -0.25) is 14.4 Å². The van der Waals surface area contributed by atoms with Gasteiger partial charge in [0.15, 0.2) is 0 Å². The van der Waals surface area contributed by atoms with Crippen molar-refractivity contribution >= 4 is 23.7 Å². The number of phenolic OH excluding ortho intramolecular Hbond substituents is 1. The van der Waals surface area contributed by atoms with Gasteiger partial charge in [-0.05, 0) is 68.3 Å². The molecule has 0 bridgehead atoms. The zero-order valence-corrected chi connectivity index (χ0v) is 22.5. The van der Waals surface area contributed by atoms with E-state index in [9.17, 15) is 29.4 Å². The Balaban J connectivity index is 1.68. The van der Waals surface area contributed by atoms with Crippen molar-refractivity contribution in [3.05, 3.63) is 65.7 Å². The summed E-state index contributed by atoms with van der Waals surface area (Å²) in [7, 11) is 0. The highest BCUT2D eigenvalue weighted by atomic mass is 16.4. The van der Waals surface area contributed by atoms with Crippen molar-refractivity contribution < 1.29 is 29.4 Å². The molecule has 2 aromatic carbocycles. The number of hydrogen-bond acceptors (Lipinski definition) is 7. The molecular formula is C29H39N5O6. The lowest BCUT2D eigenvalue weighted by Crippen LogP contribution is -2.57. The topological polar surface area (TPSA) is 188 Å². The van der Waals surface area contributed by atoms with E-state index in [1.54, 1.807) is 12.1 Å². The Morgan fingerprint density at radius 1 is 0.925 bits per heavy atom. The Morgan fingerprint density at radius 3 is 2.25 bits per heavy atom. The average Bonchev–Trinajstić information content (AvgIpc) is 3.43. The summed E-state index contributed by atoms with van der Waals surface area (Å²) in [5.41, 5.74) is 13.3. The van der Waals surface area contributed by atoms with E-state index in [2.05, 4.69) is 10.6 Å². The Bertz CT molecular complexity index is 1140. The summed E-state index contributed by atoms with van der Waals surface area (Å²) < 4.78 is 0. The van der Waals surface area contributed by atoms with Gasteiger partial charge in [0.1, 0.15) is 23.9 Å². The Kier molecular flexibility index (Phi) is 11.5. The van der Waals surface area contributed by atoms with Crippen LogP contribution in [0.15, 0.2) is 54.6 Å². The second-order valence-electron chi connectivity index (χ2n) is 10.1. The third-order valence-electron chi connectivity index (χ3n) is 7.03. The first kappa shape index (κ1) is 30.6. The van der Waals surface area contributed by atoms with Crippen LogP contribution < -0.4 is 22.1 Å². The molecule has 1 aliphatic heterocycles. The van der Waals surface area contributed by atoms with Crippen molar-refractivity contribution in [1.82, 2.24) is 15.5 Å². The predicted octanol–water partition coefficient (Wildman–Crippen LogP) is 0.679. The number of amides is 3. The van der Waals surface area contributed by atoms with Crippen LogP contribution in [0.2, 0.25) is 0 Å². The largest absolute Gasteiger partial charge is 0.508 e. The summed E-state index contributed by atoms with van der Waals surface area (Å²) in [6.07, 6.45) is 2.86. The number of phenols is 1. The van der Waals surface area contributed by atoms with Crippen molar-refractivity contribution in [3.63, 3.8) is 0 Å². The van der Waals surface area contributed by atoms with Gasteiger partial charge in [0.2, 0.25) is 17.7 Å². The molecule has 4 unspecified atom stereocenters. The van der Waals surface area contributed by atoms with Crippen LogP contribution in [0.25, 0.3) is 0 Å². The molecule has 216 valence electrons. The fraction of sp³-hybridized carbons (Fsp3) is 0.448. The van der Waals surface area contributed by atoms with E-state index in [1.165, 1.54) is 17.0 Å². The molecule has 11 heteroatoms. The quantitative estimate of drug-likeness (QED) is 0.184. The number of nitrogens with one attached hydrogen (secondary N) is 2. The first-order valence-electron chi connectivity index (χ1n) is 13.6. The Morgan fingerprint density at radius 2 is 1.60 bits per heavy atom. The van der Waals surface area contributed by atoms with Gasteiger partial charge in [0, 0.05) is 13.0 Å². The molecule has 3 rings (SSSR count). The molecule has 40 heavy (non-hydrogen) atoms. The van der Waals surface area contributed by atoms with E-state index in [-0.39, 0.29) is 12.2 Å². The van der Waals surface area contributed by atoms with E-state index >= 15 is 0 Å². The minimum Gasteiger partial charge on any atom is -0.508 e. The number of carboxylic acid groups (broad SMARTS) is 1. The summed E-state index contributed by atoms with van der Waals surface area (Å²) in [6, 6.07) is 11.6. The zero-order valence-electron chi connectivity index (χ0n) is 22.5. The second-order valence-corrected chi connectivity index (χ2v) is 10.1. The minimum atomic E-state index is -1.22. The molecule has 1 aliphatic rings. The van der Waals surface area contributed by atoms with Gasteiger partial charge in [0.25, 0.3) is 0 Å². The highest BCUT2D eigenvalue weighted by Gasteiger charge is 2.39. The van der Waals surface area contributed by atoms with E-state index in [0.29, 0.717) is 57.2 Å². The summed E-state index contributed by atoms with van der Waals surface area (Å²) >= 11 is 0. The smallest absolute Gasteiger partial charge is 0.326 e. The summed E-state index contributed by atoms with van der Waals surface area (Å²) in [6.45, 7) is 0.751. The van der Waals surface area contributed by atoms with Crippen LogP contribution in [0.1, 0.15) is 43.2 Å². The minimum absolute atomic E-state index is 0.0130. The van der Waals surface area contributed by atoms with Gasteiger partial charge >= 0.3 is 5.97 Å². The predicted molar refractivity (Wildman–Crippen MR) is 149 cm³/mol. The van der Waals surface area contributed by atoms with Crippen LogP contribution >= 0.6 is 0 Å². The van der Waals surface area contributed by atoms with Gasteiger partial charge in [-0.25, -0.2) is 4.79 Å². The normalized spacial score (nSPS) is 17.1. The number of unbranched alkanes of at least 4 members (excludes halogenated alkanes) is 1. The number of hydrogen-bond donors (Lipinski definition) is 6. The molecule has 0 aliphatic carbocycles. The van der Waals surface area contributed by atoms with Gasteiger partial charge in [0.05, 0.1) is 6.04 Å². The highest BCUT2D eigenvalue weighted by molar-refractivity contribution is 5.94. The lowest BCUT2D eigenvalue weighted by atomic mass is 10.0. The number of likely N-dealkylation sites (tertiary alicyclic amines) is 1. The maximum Gasteiger partial charge on any atom is 0.326 e. The van der Waals surface area contributed by atoms with Crippen LogP contribution in [0.5, 0.6) is 5.75 Å². The summed E-state index contributed by atoms with van der Waals surface area (Å²) in [5, 5.41) is 24.5. The lowest BCUT2D eigenvalue weighted by Gasteiger charge is -2.30. The number of carboxylic acids is 1. The number of aromatic hydroxyl groups is 1. The average molecular weight is 554 g/mol. The first-order chi connectivity index (χ1) is 19.2. The molecule has 0 saturated carbocycles. The van der Waals surface area contributed by atoms with Crippen LogP contribution in [0.4, 0.5) is 0 Å².